The van der Waals surface area contributed by atoms with Gasteiger partial charge in [0.05, 0.1) is 5.69 Å². The molecule has 0 spiro atoms. The monoisotopic (exact) mass is 588 g/mol. The van der Waals surface area contributed by atoms with Crippen molar-refractivity contribution >= 4 is 22.7 Å². The topological polar surface area (TPSA) is 38.4 Å². The van der Waals surface area contributed by atoms with E-state index >= 15 is 0 Å². The highest BCUT2D eigenvalue weighted by molar-refractivity contribution is 6.01. The highest BCUT2D eigenvalue weighted by atomic mass is 14.7. The third kappa shape index (κ3) is 8.37. The first-order chi connectivity index (χ1) is 21.9. The number of nitrogen functional groups attached to an aromatic ring is 1. The summed E-state index contributed by atoms with van der Waals surface area (Å²) in [6.07, 6.45) is 19.1. The van der Waals surface area contributed by atoms with Crippen LogP contribution >= 0.6 is 0 Å². The fourth-order valence-electron chi connectivity index (χ4n) is 5.55. The summed E-state index contributed by atoms with van der Waals surface area (Å²) in [5.41, 5.74) is 19.5. The van der Waals surface area contributed by atoms with Crippen LogP contribution in [0.15, 0.2) is 151 Å². The van der Waals surface area contributed by atoms with Crippen LogP contribution in [0.3, 0.4) is 0 Å². The molecule has 0 aromatic heterocycles. The average molecular weight is 589 g/mol. The number of hydrogen-bond acceptors (Lipinski definition) is 2. The van der Waals surface area contributed by atoms with Gasteiger partial charge in [-0.05, 0) is 107 Å². The van der Waals surface area contributed by atoms with Crippen molar-refractivity contribution in [3.63, 3.8) is 0 Å². The molecule has 1 atom stereocenters. The van der Waals surface area contributed by atoms with Crippen molar-refractivity contribution in [2.75, 3.05) is 5.73 Å². The van der Waals surface area contributed by atoms with E-state index in [2.05, 4.69) is 149 Å². The van der Waals surface area contributed by atoms with Crippen molar-refractivity contribution in [2.24, 2.45) is 10.9 Å². The van der Waals surface area contributed by atoms with Gasteiger partial charge in [-0.15, -0.1) is 0 Å². The minimum absolute atomic E-state index is 0.597. The first kappa shape index (κ1) is 31.5. The van der Waals surface area contributed by atoms with Crippen molar-refractivity contribution < 1.29 is 0 Å². The predicted octanol–water partition coefficient (Wildman–Crippen LogP) is 11.7. The average Bonchev–Trinajstić information content (AvgIpc) is 3.07. The van der Waals surface area contributed by atoms with Gasteiger partial charge in [-0.2, -0.15) is 0 Å². The molecule has 0 bridgehead atoms. The molecule has 1 unspecified atom stereocenters. The largest absolute Gasteiger partial charge is 0.398 e. The van der Waals surface area contributed by atoms with Crippen molar-refractivity contribution in [2.45, 2.75) is 46.5 Å². The van der Waals surface area contributed by atoms with Crippen LogP contribution in [0.25, 0.3) is 27.8 Å². The molecule has 226 valence electrons. The number of rotatable bonds is 11. The van der Waals surface area contributed by atoms with E-state index in [9.17, 15) is 0 Å². The predicted molar refractivity (Wildman–Crippen MR) is 197 cm³/mol. The van der Waals surface area contributed by atoms with Gasteiger partial charge in [-0.25, -0.2) is 0 Å². The Bertz CT molecular complexity index is 1780. The van der Waals surface area contributed by atoms with Gasteiger partial charge in [0, 0.05) is 17.0 Å². The molecule has 0 amide bonds. The summed E-state index contributed by atoms with van der Waals surface area (Å²) in [5, 5.41) is 0. The summed E-state index contributed by atoms with van der Waals surface area (Å²) < 4.78 is 0. The van der Waals surface area contributed by atoms with E-state index in [1.807, 2.05) is 12.1 Å². The van der Waals surface area contributed by atoms with E-state index in [0.29, 0.717) is 5.92 Å². The minimum Gasteiger partial charge on any atom is -0.398 e. The maximum atomic E-state index is 6.46. The second-order valence-corrected chi connectivity index (χ2v) is 11.9. The van der Waals surface area contributed by atoms with Crippen LogP contribution in [0.2, 0.25) is 0 Å². The third-order valence-electron chi connectivity index (χ3n) is 8.32. The van der Waals surface area contributed by atoms with E-state index in [4.69, 9.17) is 10.7 Å². The third-order valence-corrected chi connectivity index (χ3v) is 8.32. The van der Waals surface area contributed by atoms with Crippen LogP contribution in [-0.2, 0) is 6.42 Å². The number of anilines is 1. The quantitative estimate of drug-likeness (QED) is 0.106. The van der Waals surface area contributed by atoms with Gasteiger partial charge in [0.1, 0.15) is 0 Å². The van der Waals surface area contributed by atoms with Crippen molar-refractivity contribution in [1.82, 2.24) is 0 Å². The molecule has 4 aromatic carbocycles. The first-order valence-corrected chi connectivity index (χ1v) is 16.0. The summed E-state index contributed by atoms with van der Waals surface area (Å²) in [4.78, 5) is 5.14. The second kappa shape index (κ2) is 15.2. The molecule has 45 heavy (non-hydrogen) atoms. The lowest BCUT2D eigenvalue weighted by atomic mass is 9.91. The number of allylic oxidation sites excluding steroid dienone is 9. The fourth-order valence-corrected chi connectivity index (χ4v) is 5.55. The molecular weight excluding hydrogens is 544 g/mol. The SMILES string of the molecule is C=C(C/C=C\C=C/CC)c1cc(-c2ccc(N)c(CC3=CCC(C)C=C3)c2)ccc1N=C(C)c1ccc(-c2ccccc2)cc1. The Kier molecular flexibility index (Phi) is 10.6. The van der Waals surface area contributed by atoms with Crippen molar-refractivity contribution in [1.29, 1.82) is 0 Å². The molecule has 5 rings (SSSR count). The Labute approximate surface area is 269 Å². The zero-order valence-corrected chi connectivity index (χ0v) is 26.8. The molecule has 2 N–H and O–H groups in total. The molecule has 2 heteroatoms. The van der Waals surface area contributed by atoms with E-state index in [0.717, 1.165) is 76.2 Å². The van der Waals surface area contributed by atoms with Gasteiger partial charge < -0.3 is 5.73 Å². The number of benzene rings is 4. The van der Waals surface area contributed by atoms with Crippen LogP contribution in [0.4, 0.5) is 11.4 Å². The van der Waals surface area contributed by atoms with E-state index < -0.39 is 0 Å². The lowest BCUT2D eigenvalue weighted by Gasteiger charge is -2.15. The van der Waals surface area contributed by atoms with Crippen molar-refractivity contribution in [3.8, 4) is 22.3 Å². The Morgan fingerprint density at radius 3 is 2.29 bits per heavy atom. The van der Waals surface area contributed by atoms with Crippen molar-refractivity contribution in [3.05, 3.63) is 162 Å². The van der Waals surface area contributed by atoms with Gasteiger partial charge in [0.15, 0.2) is 0 Å². The Morgan fingerprint density at radius 2 is 1.56 bits per heavy atom. The standard InChI is InChI=1S/C43H44N2/c1-5-6-7-8-10-13-32(3)41-30-39(38-24-26-42(44)40(29-38)28-34-18-16-31(2)17-19-34)25-27-43(41)45-33(4)35-20-22-37(23-21-35)36-14-11-9-12-15-36/h6-12,14-16,18-27,29-31H,3,5,13,17,28,44H2,1-2,4H3/b7-6-,10-8-,45-33?. The number of hydrogen-bond donors (Lipinski definition) is 1. The molecule has 0 saturated carbocycles. The minimum atomic E-state index is 0.597. The molecule has 1 aliphatic rings. The summed E-state index contributed by atoms with van der Waals surface area (Å²) in [7, 11) is 0. The Morgan fingerprint density at radius 1 is 0.867 bits per heavy atom. The zero-order chi connectivity index (χ0) is 31.6. The normalized spacial score (nSPS) is 15.1. The van der Waals surface area contributed by atoms with Gasteiger partial charge in [-0.1, -0.05) is 130 Å². The first-order valence-electron chi connectivity index (χ1n) is 16.0. The van der Waals surface area contributed by atoms with Crippen LogP contribution in [0, 0.1) is 5.92 Å². The fraction of sp³-hybridized carbons (Fsp3) is 0.186. The van der Waals surface area contributed by atoms with Crippen LogP contribution in [-0.4, -0.2) is 5.71 Å². The van der Waals surface area contributed by atoms with Crippen LogP contribution in [0.1, 0.15) is 56.7 Å². The molecular formula is C43H44N2. The van der Waals surface area contributed by atoms with E-state index in [1.54, 1.807) is 0 Å². The molecule has 4 aromatic rings. The molecule has 1 aliphatic carbocycles. The summed E-state index contributed by atoms with van der Waals surface area (Å²) >= 11 is 0. The summed E-state index contributed by atoms with van der Waals surface area (Å²) in [5.74, 6) is 0.597. The number of nitrogens with zero attached hydrogens (tertiary/aromatic N) is 1. The maximum absolute atomic E-state index is 6.46. The zero-order valence-electron chi connectivity index (χ0n) is 26.8. The van der Waals surface area contributed by atoms with Crippen LogP contribution in [0.5, 0.6) is 0 Å². The highest BCUT2D eigenvalue weighted by Gasteiger charge is 2.12. The van der Waals surface area contributed by atoms with Crippen LogP contribution < -0.4 is 5.73 Å². The lowest BCUT2D eigenvalue weighted by Crippen LogP contribution is -2.00. The molecule has 0 heterocycles. The maximum Gasteiger partial charge on any atom is 0.0708 e. The van der Waals surface area contributed by atoms with Gasteiger partial charge in [0.2, 0.25) is 0 Å². The van der Waals surface area contributed by atoms with E-state index in [1.165, 1.54) is 16.7 Å². The lowest BCUT2D eigenvalue weighted by molar-refractivity contribution is 0.728. The van der Waals surface area contributed by atoms with Gasteiger partial charge in [-0.3, -0.25) is 4.99 Å². The smallest absolute Gasteiger partial charge is 0.0708 e. The molecule has 0 saturated heterocycles. The number of aliphatic imine (C=N–C) groups is 1. The van der Waals surface area contributed by atoms with E-state index in [-0.39, 0.29) is 0 Å². The van der Waals surface area contributed by atoms with Gasteiger partial charge >= 0.3 is 0 Å². The second-order valence-electron chi connectivity index (χ2n) is 11.9. The number of nitrogens with two attached hydrogens (primary N) is 1. The summed E-state index contributed by atoms with van der Waals surface area (Å²) in [6.45, 7) is 11.0. The highest BCUT2D eigenvalue weighted by Crippen LogP contribution is 2.35. The Balaban J connectivity index is 1.46. The molecule has 0 aliphatic heterocycles. The molecule has 0 fully saturated rings. The molecule has 0 radical (unpaired) electrons. The summed E-state index contributed by atoms with van der Waals surface area (Å²) in [6, 6.07) is 32.0. The molecule has 2 nitrogen and oxygen atoms in total. The Hall–Kier alpha value is -4.95. The van der Waals surface area contributed by atoms with Gasteiger partial charge in [0.25, 0.3) is 0 Å².